The number of aliphatic hydroxyl groups excluding tert-OH is 1. The highest BCUT2D eigenvalue weighted by molar-refractivity contribution is 6.10. The van der Waals surface area contributed by atoms with Crippen molar-refractivity contribution in [3.05, 3.63) is 106 Å². The number of fused-ring (bicyclic) bond motifs is 8. The summed E-state index contributed by atoms with van der Waals surface area (Å²) in [5, 5.41) is 23.8. The summed E-state index contributed by atoms with van der Waals surface area (Å²) in [6.45, 7) is 5.82. The van der Waals surface area contributed by atoms with Crippen LogP contribution in [0.1, 0.15) is 103 Å². The minimum Gasteiger partial charge on any atom is -0.497 e. The number of alkyl halides is 3. The lowest BCUT2D eigenvalue weighted by Crippen LogP contribution is -2.53. The third-order valence-corrected chi connectivity index (χ3v) is 11.2. The first kappa shape index (κ1) is 39.8. The summed E-state index contributed by atoms with van der Waals surface area (Å²) in [5.74, 6) is 0.107. The Hall–Kier alpha value is -4.35. The van der Waals surface area contributed by atoms with Crippen molar-refractivity contribution in [2.45, 2.75) is 96.1 Å². The van der Waals surface area contributed by atoms with Gasteiger partial charge in [0.2, 0.25) is 0 Å². The number of carbonyl (C=O) groups excluding carboxylic acids is 2. The Kier molecular flexibility index (Phi) is 12.3. The molecule has 1 amide bonds. The molecule has 0 heterocycles. The van der Waals surface area contributed by atoms with Gasteiger partial charge in [-0.2, -0.15) is 13.2 Å². The minimum absolute atomic E-state index is 0.0738. The summed E-state index contributed by atoms with van der Waals surface area (Å²) in [6, 6.07) is 15.1. The lowest BCUT2D eigenvalue weighted by Gasteiger charge is -2.46. The molecule has 1 saturated carbocycles. The van der Waals surface area contributed by atoms with Crippen LogP contribution in [0.5, 0.6) is 11.5 Å². The Morgan fingerprint density at radius 2 is 1.77 bits per heavy atom. The van der Waals surface area contributed by atoms with E-state index in [0.717, 1.165) is 17.7 Å². The van der Waals surface area contributed by atoms with Gasteiger partial charge in [0.25, 0.3) is 0 Å². The maximum Gasteiger partial charge on any atom is 0.416 e. The predicted molar refractivity (Wildman–Crippen MR) is 195 cm³/mol. The molecule has 53 heavy (non-hydrogen) atoms. The normalized spacial score (nSPS) is 23.4. The minimum atomic E-state index is -4.63. The number of halogens is 3. The smallest absolute Gasteiger partial charge is 0.416 e. The molecule has 1 fully saturated rings. The first-order valence-electron chi connectivity index (χ1n) is 18.2. The highest BCUT2D eigenvalue weighted by Gasteiger charge is 2.58. The van der Waals surface area contributed by atoms with Gasteiger partial charge in [-0.15, -0.1) is 0 Å². The van der Waals surface area contributed by atoms with Gasteiger partial charge in [0.15, 0.2) is 5.78 Å². The van der Waals surface area contributed by atoms with E-state index in [-0.39, 0.29) is 43.7 Å². The number of benzene rings is 3. The van der Waals surface area contributed by atoms with E-state index in [1.807, 2.05) is 26.0 Å². The predicted octanol–water partition coefficient (Wildman–Crippen LogP) is 8.65. The Labute approximate surface area is 309 Å². The van der Waals surface area contributed by atoms with Crippen LogP contribution in [-0.2, 0) is 23.9 Å². The molecule has 3 aromatic carbocycles. The second kappa shape index (κ2) is 16.3. The van der Waals surface area contributed by atoms with E-state index in [9.17, 15) is 33.0 Å². The molecule has 6 rings (SSSR count). The van der Waals surface area contributed by atoms with Gasteiger partial charge >= 0.3 is 12.3 Å². The molecule has 0 unspecified atom stereocenters. The van der Waals surface area contributed by atoms with Crippen LogP contribution in [0.25, 0.3) is 0 Å². The van der Waals surface area contributed by atoms with Crippen molar-refractivity contribution in [1.82, 2.24) is 4.90 Å². The number of rotatable bonds is 9. The van der Waals surface area contributed by atoms with Crippen LogP contribution in [0.15, 0.2) is 72.3 Å². The standard InChI is InChI=1S/C42H50F3NO7/c1-6-53-39(49)46(25-30-14-16-33(51-4)24-37(30)52-5)26-41(50)20-18-36-34-17-13-28(21-32(47)15-12-27(2)9-8-19-40(36,41)3)22-35(34)38(48)29-10-7-11-31(23-29)42(43,44)45/h7,9-11,13-14,16-17,22-24,32,36,47,50H,6,8,12,15,18-21,25-26H2,1-5H3/t32-,36-,40-,41+/m0/s1. The third-order valence-electron chi connectivity index (χ3n) is 11.2. The highest BCUT2D eigenvalue weighted by Crippen LogP contribution is 2.59. The highest BCUT2D eigenvalue weighted by atomic mass is 19.4. The molecule has 0 aliphatic heterocycles. The number of allylic oxidation sites excluding steroid dienone is 2. The number of aliphatic hydroxyl groups is 2. The van der Waals surface area contributed by atoms with Gasteiger partial charge in [0.1, 0.15) is 11.5 Å². The number of methoxy groups -OCH3 is 2. The molecule has 0 spiro atoms. The number of hydrogen-bond acceptors (Lipinski definition) is 7. The molecule has 3 aliphatic rings. The van der Waals surface area contributed by atoms with E-state index in [4.69, 9.17) is 14.2 Å². The fraction of sp³-hybridized carbons (Fsp3) is 0.476. The van der Waals surface area contributed by atoms with Crippen LogP contribution in [0, 0.1) is 5.41 Å². The number of nitrogens with zero attached hydrogens (tertiary/aromatic N) is 1. The quantitative estimate of drug-likeness (QED) is 0.167. The van der Waals surface area contributed by atoms with Crippen molar-refractivity contribution < 1.29 is 47.2 Å². The van der Waals surface area contributed by atoms with E-state index >= 15 is 0 Å². The van der Waals surface area contributed by atoms with Gasteiger partial charge in [-0.3, -0.25) is 4.79 Å². The zero-order chi connectivity index (χ0) is 38.6. The molecule has 0 aromatic heterocycles. The van der Waals surface area contributed by atoms with E-state index in [2.05, 4.69) is 6.08 Å². The van der Waals surface area contributed by atoms with Crippen molar-refractivity contribution in [2.24, 2.45) is 5.41 Å². The molecule has 2 bridgehead atoms. The lowest BCUT2D eigenvalue weighted by atomic mass is 9.64. The van der Waals surface area contributed by atoms with Crippen molar-refractivity contribution in [2.75, 3.05) is 27.4 Å². The molecule has 0 radical (unpaired) electrons. The lowest BCUT2D eigenvalue weighted by molar-refractivity contribution is -0.137. The summed E-state index contributed by atoms with van der Waals surface area (Å²) < 4.78 is 57.7. The molecular formula is C42H50F3NO7. The number of ketones is 1. The molecule has 4 atom stereocenters. The Bertz CT molecular complexity index is 1820. The average Bonchev–Trinajstić information content (AvgIpc) is 3.38. The van der Waals surface area contributed by atoms with Gasteiger partial charge in [-0.25, -0.2) is 4.79 Å². The molecule has 286 valence electrons. The van der Waals surface area contributed by atoms with E-state index in [0.29, 0.717) is 60.3 Å². The number of hydrogen-bond donors (Lipinski definition) is 2. The third kappa shape index (κ3) is 8.73. The molecule has 8 nitrogen and oxygen atoms in total. The Morgan fingerprint density at radius 3 is 2.47 bits per heavy atom. The zero-order valence-corrected chi connectivity index (χ0v) is 31.1. The first-order valence-corrected chi connectivity index (χ1v) is 18.2. The molecule has 3 aromatic rings. The van der Waals surface area contributed by atoms with Crippen molar-refractivity contribution >= 4 is 11.9 Å². The van der Waals surface area contributed by atoms with Gasteiger partial charge in [-0.05, 0) is 106 Å². The Balaban J connectivity index is 1.61. The van der Waals surface area contributed by atoms with Crippen LogP contribution >= 0.6 is 0 Å². The van der Waals surface area contributed by atoms with Crippen LogP contribution in [-0.4, -0.2) is 66.1 Å². The van der Waals surface area contributed by atoms with E-state index in [1.165, 1.54) is 24.1 Å². The monoisotopic (exact) mass is 737 g/mol. The second-order valence-electron chi connectivity index (χ2n) is 14.6. The van der Waals surface area contributed by atoms with Gasteiger partial charge < -0.3 is 29.3 Å². The Morgan fingerprint density at radius 1 is 1.00 bits per heavy atom. The van der Waals surface area contributed by atoms with Crippen molar-refractivity contribution in [3.63, 3.8) is 0 Å². The van der Waals surface area contributed by atoms with Crippen LogP contribution in [0.2, 0.25) is 0 Å². The molecule has 2 N–H and O–H groups in total. The average molecular weight is 738 g/mol. The van der Waals surface area contributed by atoms with Crippen molar-refractivity contribution in [1.29, 1.82) is 0 Å². The second-order valence-corrected chi connectivity index (χ2v) is 14.6. The van der Waals surface area contributed by atoms with Crippen molar-refractivity contribution in [3.8, 4) is 11.5 Å². The summed E-state index contributed by atoms with van der Waals surface area (Å²) in [5.41, 5.74) is -0.0699. The number of amides is 1. The maximum absolute atomic E-state index is 14.3. The number of ether oxygens (including phenoxy) is 3. The maximum atomic E-state index is 14.3. The zero-order valence-electron chi connectivity index (χ0n) is 31.1. The topological polar surface area (TPSA) is 106 Å². The SMILES string of the molecule is CCOC(=O)N(Cc1ccc(OC)cc1OC)C[C@]1(O)CC[C@H]2c3ccc(cc3C(=O)c3cccc(C(F)(F)F)c3)C[C@@H](O)CCC(C)=CCC[C@@]21C. The van der Waals surface area contributed by atoms with Gasteiger partial charge in [0, 0.05) is 28.2 Å². The van der Waals surface area contributed by atoms with Crippen LogP contribution < -0.4 is 9.47 Å². The van der Waals surface area contributed by atoms with Crippen LogP contribution in [0.3, 0.4) is 0 Å². The largest absolute Gasteiger partial charge is 0.497 e. The van der Waals surface area contributed by atoms with E-state index < -0.39 is 46.7 Å². The molecular weight excluding hydrogens is 687 g/mol. The van der Waals surface area contributed by atoms with Gasteiger partial charge in [0.05, 0.1) is 51.2 Å². The molecule has 3 aliphatic carbocycles. The summed E-state index contributed by atoms with van der Waals surface area (Å²) in [4.78, 5) is 29.4. The fourth-order valence-corrected chi connectivity index (χ4v) is 8.09. The number of carbonyl (C=O) groups is 2. The summed E-state index contributed by atoms with van der Waals surface area (Å²) in [6.07, 6.45) is -0.595. The van der Waals surface area contributed by atoms with Gasteiger partial charge in [-0.1, -0.05) is 42.8 Å². The summed E-state index contributed by atoms with van der Waals surface area (Å²) in [7, 11) is 3.07. The fourth-order valence-electron chi connectivity index (χ4n) is 8.09. The van der Waals surface area contributed by atoms with E-state index in [1.54, 1.807) is 38.3 Å². The first-order chi connectivity index (χ1) is 25.1. The molecule has 11 heteroatoms. The summed E-state index contributed by atoms with van der Waals surface area (Å²) >= 11 is 0. The van der Waals surface area contributed by atoms with Crippen LogP contribution in [0.4, 0.5) is 18.0 Å². The molecule has 0 saturated heterocycles.